The number of aromatic nitrogens is 2. The van der Waals surface area contributed by atoms with E-state index in [1.165, 1.54) is 0 Å². The van der Waals surface area contributed by atoms with Crippen molar-refractivity contribution in [3.63, 3.8) is 0 Å². The molecule has 0 radical (unpaired) electrons. The minimum atomic E-state index is 0.590. The van der Waals surface area contributed by atoms with E-state index in [-0.39, 0.29) is 0 Å². The van der Waals surface area contributed by atoms with E-state index >= 15 is 0 Å². The number of anilines is 1. The van der Waals surface area contributed by atoms with Crippen LogP contribution in [0.4, 0.5) is 5.82 Å². The molecule has 1 unspecified atom stereocenters. The van der Waals surface area contributed by atoms with Gasteiger partial charge in [0.25, 0.3) is 0 Å². The predicted octanol–water partition coefficient (Wildman–Crippen LogP) is 1.01. The lowest BCUT2D eigenvalue weighted by Gasteiger charge is -2.16. The first-order valence-electron chi connectivity index (χ1n) is 5.52. The van der Waals surface area contributed by atoms with Crippen LogP contribution in [0.5, 0.6) is 0 Å². The third-order valence-electron chi connectivity index (χ3n) is 3.17. The summed E-state index contributed by atoms with van der Waals surface area (Å²) >= 11 is 0. The Morgan fingerprint density at radius 1 is 1.50 bits per heavy atom. The molecule has 2 N–H and O–H groups in total. The Balaban J connectivity index is 1.88. The van der Waals surface area contributed by atoms with E-state index in [0.717, 1.165) is 42.8 Å². The minimum absolute atomic E-state index is 0.590. The van der Waals surface area contributed by atoms with E-state index in [4.69, 9.17) is 10.3 Å². The van der Waals surface area contributed by atoms with Crippen molar-refractivity contribution in [2.24, 2.45) is 11.7 Å². The highest BCUT2D eigenvalue weighted by molar-refractivity contribution is 5.77. The first-order valence-corrected chi connectivity index (χ1v) is 5.52. The van der Waals surface area contributed by atoms with E-state index in [2.05, 4.69) is 15.0 Å². The van der Waals surface area contributed by atoms with Gasteiger partial charge in [-0.3, -0.25) is 0 Å². The SMILES string of the molecule is NCC1CCN(c2cc3oncc3cn2)C1. The highest BCUT2D eigenvalue weighted by Gasteiger charge is 2.22. The van der Waals surface area contributed by atoms with Crippen molar-refractivity contribution >= 4 is 16.8 Å². The highest BCUT2D eigenvalue weighted by Crippen LogP contribution is 2.24. The average Bonchev–Trinajstić information content (AvgIpc) is 2.96. The number of fused-ring (bicyclic) bond motifs is 1. The van der Waals surface area contributed by atoms with Crippen molar-refractivity contribution in [1.29, 1.82) is 0 Å². The molecule has 1 aliphatic heterocycles. The minimum Gasteiger partial charge on any atom is -0.356 e. The standard InChI is InChI=1S/C11H14N4O/c12-4-8-1-2-15(7-8)11-3-10-9(5-13-11)6-14-16-10/h3,5-6,8H,1-2,4,7,12H2. The van der Waals surface area contributed by atoms with Gasteiger partial charge in [-0.15, -0.1) is 0 Å². The topological polar surface area (TPSA) is 68.2 Å². The molecule has 5 nitrogen and oxygen atoms in total. The van der Waals surface area contributed by atoms with Gasteiger partial charge in [0.15, 0.2) is 5.58 Å². The van der Waals surface area contributed by atoms with Gasteiger partial charge in [-0.25, -0.2) is 4.98 Å². The van der Waals surface area contributed by atoms with Crippen LogP contribution in [-0.4, -0.2) is 29.8 Å². The zero-order valence-electron chi connectivity index (χ0n) is 8.97. The van der Waals surface area contributed by atoms with Gasteiger partial charge in [-0.1, -0.05) is 5.16 Å². The number of pyridine rings is 1. The van der Waals surface area contributed by atoms with Crippen LogP contribution in [0.3, 0.4) is 0 Å². The molecule has 5 heteroatoms. The van der Waals surface area contributed by atoms with Crippen LogP contribution < -0.4 is 10.6 Å². The number of hydrogen-bond acceptors (Lipinski definition) is 5. The van der Waals surface area contributed by atoms with Gasteiger partial charge in [0, 0.05) is 25.4 Å². The Bertz CT molecular complexity index is 495. The molecule has 2 aromatic heterocycles. The molecule has 1 atom stereocenters. The van der Waals surface area contributed by atoms with Crippen molar-refractivity contribution in [2.75, 3.05) is 24.5 Å². The Kier molecular flexibility index (Phi) is 2.25. The van der Waals surface area contributed by atoms with Gasteiger partial charge in [0.1, 0.15) is 5.82 Å². The maximum Gasteiger partial charge on any atom is 0.172 e. The first kappa shape index (κ1) is 9.59. The van der Waals surface area contributed by atoms with Gasteiger partial charge in [-0.2, -0.15) is 0 Å². The second-order valence-corrected chi connectivity index (χ2v) is 4.24. The molecule has 1 fully saturated rings. The largest absolute Gasteiger partial charge is 0.356 e. The summed E-state index contributed by atoms with van der Waals surface area (Å²) in [5.41, 5.74) is 6.47. The molecule has 0 saturated carbocycles. The van der Waals surface area contributed by atoms with Crippen LogP contribution in [-0.2, 0) is 0 Å². The molecule has 3 heterocycles. The van der Waals surface area contributed by atoms with Crippen LogP contribution in [0, 0.1) is 5.92 Å². The molecule has 2 aromatic rings. The summed E-state index contributed by atoms with van der Waals surface area (Å²) in [5, 5.41) is 4.69. The number of hydrogen-bond donors (Lipinski definition) is 1. The quantitative estimate of drug-likeness (QED) is 0.814. The van der Waals surface area contributed by atoms with Crippen molar-refractivity contribution < 1.29 is 4.52 Å². The summed E-state index contributed by atoms with van der Waals surface area (Å²) in [6.45, 7) is 2.76. The van der Waals surface area contributed by atoms with Crippen LogP contribution in [0.15, 0.2) is 23.0 Å². The molecule has 16 heavy (non-hydrogen) atoms. The van der Waals surface area contributed by atoms with Crippen molar-refractivity contribution in [1.82, 2.24) is 10.1 Å². The normalized spacial score (nSPS) is 20.8. The number of nitrogens with two attached hydrogens (primary N) is 1. The maximum absolute atomic E-state index is 5.67. The summed E-state index contributed by atoms with van der Waals surface area (Å²) in [7, 11) is 0. The summed E-state index contributed by atoms with van der Waals surface area (Å²) in [4.78, 5) is 6.66. The third kappa shape index (κ3) is 1.53. The van der Waals surface area contributed by atoms with Crippen LogP contribution in [0.1, 0.15) is 6.42 Å². The lowest BCUT2D eigenvalue weighted by molar-refractivity contribution is 0.456. The maximum atomic E-state index is 5.67. The molecule has 84 valence electrons. The molecule has 0 bridgehead atoms. The average molecular weight is 218 g/mol. The van der Waals surface area contributed by atoms with E-state index in [0.29, 0.717) is 5.92 Å². The monoisotopic (exact) mass is 218 g/mol. The number of rotatable bonds is 2. The van der Waals surface area contributed by atoms with Crippen LogP contribution in [0.25, 0.3) is 11.0 Å². The smallest absolute Gasteiger partial charge is 0.172 e. The molecular weight excluding hydrogens is 204 g/mol. The van der Waals surface area contributed by atoms with E-state index in [9.17, 15) is 0 Å². The summed E-state index contributed by atoms with van der Waals surface area (Å²) in [6, 6.07) is 1.95. The van der Waals surface area contributed by atoms with Crippen molar-refractivity contribution in [2.45, 2.75) is 6.42 Å². The van der Waals surface area contributed by atoms with Gasteiger partial charge in [0.2, 0.25) is 0 Å². The molecule has 0 aliphatic carbocycles. The molecule has 1 aliphatic rings. The van der Waals surface area contributed by atoms with Gasteiger partial charge in [-0.05, 0) is 18.9 Å². The third-order valence-corrected chi connectivity index (χ3v) is 3.17. The van der Waals surface area contributed by atoms with Gasteiger partial charge < -0.3 is 15.2 Å². The zero-order chi connectivity index (χ0) is 11.0. The first-order chi connectivity index (χ1) is 7.86. The summed E-state index contributed by atoms with van der Waals surface area (Å²) in [6.07, 6.45) is 4.63. The Hall–Kier alpha value is -1.62. The second-order valence-electron chi connectivity index (χ2n) is 4.24. The fourth-order valence-electron chi connectivity index (χ4n) is 2.16. The lowest BCUT2D eigenvalue weighted by Crippen LogP contribution is -2.23. The zero-order valence-corrected chi connectivity index (χ0v) is 8.97. The Morgan fingerprint density at radius 3 is 3.25 bits per heavy atom. The van der Waals surface area contributed by atoms with E-state index in [1.54, 1.807) is 12.4 Å². The molecule has 3 rings (SSSR count). The highest BCUT2D eigenvalue weighted by atomic mass is 16.5. The van der Waals surface area contributed by atoms with Gasteiger partial charge in [0.05, 0.1) is 11.6 Å². The summed E-state index contributed by atoms with van der Waals surface area (Å²) < 4.78 is 5.13. The molecular formula is C11H14N4O. The summed E-state index contributed by atoms with van der Waals surface area (Å²) in [5.74, 6) is 1.55. The fraction of sp³-hybridized carbons (Fsp3) is 0.455. The second kappa shape index (κ2) is 3.75. The fourth-order valence-corrected chi connectivity index (χ4v) is 2.16. The Labute approximate surface area is 93.2 Å². The molecule has 0 amide bonds. The van der Waals surface area contributed by atoms with Crippen molar-refractivity contribution in [3.05, 3.63) is 18.5 Å². The molecule has 0 spiro atoms. The van der Waals surface area contributed by atoms with E-state index < -0.39 is 0 Å². The van der Waals surface area contributed by atoms with Gasteiger partial charge >= 0.3 is 0 Å². The predicted molar refractivity (Wildman–Crippen MR) is 61.2 cm³/mol. The molecule has 1 saturated heterocycles. The number of nitrogens with zero attached hydrogens (tertiary/aromatic N) is 3. The van der Waals surface area contributed by atoms with E-state index in [1.807, 2.05) is 6.07 Å². The molecule has 0 aromatic carbocycles. The Morgan fingerprint density at radius 2 is 2.44 bits per heavy atom. The van der Waals surface area contributed by atoms with Crippen molar-refractivity contribution in [3.8, 4) is 0 Å². The lowest BCUT2D eigenvalue weighted by atomic mass is 10.1. The van der Waals surface area contributed by atoms with Crippen LogP contribution >= 0.6 is 0 Å². The van der Waals surface area contributed by atoms with Crippen LogP contribution in [0.2, 0.25) is 0 Å².